The van der Waals surface area contributed by atoms with Gasteiger partial charge in [0.2, 0.25) is 11.1 Å². The molecule has 0 saturated heterocycles. The first-order valence-corrected chi connectivity index (χ1v) is 28.3. The fourth-order valence-electron chi connectivity index (χ4n) is 12.5. The van der Waals surface area contributed by atoms with Gasteiger partial charge in [0.1, 0.15) is 5.75 Å². The molecule has 0 bridgehead atoms. The fourth-order valence-corrected chi connectivity index (χ4v) is 13.5. The van der Waals surface area contributed by atoms with Crippen LogP contribution in [-0.4, -0.2) is 69.8 Å². The molecule has 0 radical (unpaired) electrons. The zero-order valence-electron chi connectivity index (χ0n) is 41.4. The average Bonchev–Trinajstić information content (AvgIpc) is 3.71. The quantitative estimate of drug-likeness (QED) is 0.0715. The van der Waals surface area contributed by atoms with Crippen molar-refractivity contribution >= 4 is 58.8 Å². The highest BCUT2D eigenvalue weighted by Gasteiger charge is 2.49. The highest BCUT2D eigenvalue weighted by atomic mass is 32.2. The number of fused-ring (bicyclic) bond motifs is 6. The summed E-state index contributed by atoms with van der Waals surface area (Å²) in [5.74, 6) is 0.329. The Morgan fingerprint density at radius 3 is 2.04 bits per heavy atom. The van der Waals surface area contributed by atoms with Crippen molar-refractivity contribution in [2.24, 2.45) is 0 Å². The van der Waals surface area contributed by atoms with Gasteiger partial charge < -0.3 is 19.3 Å². The minimum Gasteiger partial charge on any atom is -0.494 e. The van der Waals surface area contributed by atoms with E-state index in [4.69, 9.17) is 9.47 Å². The highest BCUT2D eigenvalue weighted by molar-refractivity contribution is 7.86. The zero-order chi connectivity index (χ0) is 50.3. The van der Waals surface area contributed by atoms with E-state index >= 15 is 0 Å². The highest BCUT2D eigenvalue weighted by Crippen LogP contribution is 2.57. The predicted octanol–water partition coefficient (Wildman–Crippen LogP) is 12.7. The van der Waals surface area contributed by atoms with Crippen LogP contribution in [-0.2, 0) is 37.5 Å². The summed E-state index contributed by atoms with van der Waals surface area (Å²) in [6, 6.07) is 29.0. The fraction of sp³-hybridized carbons (Fsp3) is 0.404. The van der Waals surface area contributed by atoms with Crippen LogP contribution >= 0.6 is 0 Å². The Hall–Kier alpha value is -5.98. The van der Waals surface area contributed by atoms with E-state index in [1.54, 1.807) is 6.07 Å². The molecule has 4 aliphatic rings. The Kier molecular flexibility index (Phi) is 14.0. The van der Waals surface area contributed by atoms with Crippen molar-refractivity contribution in [2.75, 3.05) is 47.6 Å². The van der Waals surface area contributed by atoms with Crippen molar-refractivity contribution in [1.82, 2.24) is 0 Å². The van der Waals surface area contributed by atoms with Crippen LogP contribution in [0.2, 0.25) is 0 Å². The van der Waals surface area contributed by atoms with Gasteiger partial charge in [0.05, 0.1) is 36.3 Å². The van der Waals surface area contributed by atoms with Gasteiger partial charge in [0, 0.05) is 47.1 Å². The van der Waals surface area contributed by atoms with Crippen LogP contribution in [0.25, 0.3) is 26.5 Å². The molecule has 2 aliphatic carbocycles. The third-order valence-corrected chi connectivity index (χ3v) is 16.6. The molecular weight excluding hydrogens is 933 g/mol. The van der Waals surface area contributed by atoms with Gasteiger partial charge in [-0.2, -0.15) is 16.8 Å². The second-order valence-electron chi connectivity index (χ2n) is 20.3. The minimum atomic E-state index is -4.23. The van der Waals surface area contributed by atoms with Crippen molar-refractivity contribution in [2.45, 2.75) is 109 Å². The zero-order valence-corrected chi connectivity index (χ0v) is 43.1. The van der Waals surface area contributed by atoms with E-state index in [-0.39, 0.29) is 29.4 Å². The van der Waals surface area contributed by atoms with Crippen LogP contribution in [0.3, 0.4) is 0 Å². The van der Waals surface area contributed by atoms with Crippen molar-refractivity contribution in [3.63, 3.8) is 0 Å². The summed E-state index contributed by atoms with van der Waals surface area (Å²) in [6.07, 6.45) is 13.3. The molecule has 2 aliphatic heterocycles. The van der Waals surface area contributed by atoms with E-state index in [1.165, 1.54) is 27.7 Å². The normalized spacial score (nSPS) is 21.5. The lowest BCUT2D eigenvalue weighted by Crippen LogP contribution is -2.44. The van der Waals surface area contributed by atoms with Crippen LogP contribution in [0.1, 0.15) is 103 Å². The molecule has 71 heavy (non-hydrogen) atoms. The van der Waals surface area contributed by atoms with Gasteiger partial charge in [0.15, 0.2) is 4.98 Å². The number of hydrogen-bond donors (Lipinski definition) is 2. The molecule has 12 nitrogen and oxygen atoms in total. The maximum Gasteiger partial charge on any atom is 0.429 e. The third-order valence-electron chi connectivity index (χ3n) is 15.0. The summed E-state index contributed by atoms with van der Waals surface area (Å²) < 4.78 is 80.1. The molecule has 5 aromatic rings. The number of rotatable bonds is 16. The summed E-state index contributed by atoms with van der Waals surface area (Å²) >= 11 is 0. The third kappa shape index (κ3) is 9.99. The summed E-state index contributed by atoms with van der Waals surface area (Å²) in [4.78, 5) is 8.46. The molecule has 2 unspecified atom stereocenters. The largest absolute Gasteiger partial charge is 0.494 e. The predicted molar refractivity (Wildman–Crippen MR) is 285 cm³/mol. The smallest absolute Gasteiger partial charge is 0.429 e. The Bertz CT molecular complexity index is 3310. The monoisotopic (exact) mass is 997 g/mol. The molecule has 2 atom stereocenters. The van der Waals surface area contributed by atoms with E-state index in [9.17, 15) is 31.3 Å². The number of diazo groups is 1. The number of nitrogens with zero attached hydrogens (tertiary/aromatic N) is 4. The molecule has 0 spiro atoms. The molecule has 0 aromatic heterocycles. The van der Waals surface area contributed by atoms with E-state index in [0.29, 0.717) is 56.3 Å². The van der Waals surface area contributed by atoms with Gasteiger partial charge in [0.25, 0.3) is 20.2 Å². The van der Waals surface area contributed by atoms with Crippen molar-refractivity contribution in [3.8, 4) is 11.5 Å². The maximum absolute atomic E-state index is 12.2. The van der Waals surface area contributed by atoms with Crippen LogP contribution in [0, 0.1) is 5.39 Å². The van der Waals surface area contributed by atoms with E-state index in [1.807, 2.05) is 32.0 Å². The number of ether oxygens (including phenoxy) is 2. The topological polar surface area (TPSA) is 162 Å². The molecule has 0 fully saturated rings. The van der Waals surface area contributed by atoms with Crippen molar-refractivity contribution in [1.29, 1.82) is 5.39 Å². The lowest BCUT2D eigenvalue weighted by atomic mass is 9.72. The Morgan fingerprint density at radius 1 is 0.746 bits per heavy atom. The maximum atomic E-state index is 12.2. The first-order chi connectivity index (χ1) is 33.9. The molecule has 372 valence electrons. The molecule has 5 aromatic carbocycles. The second-order valence-corrected chi connectivity index (χ2v) is 23.4. The molecule has 2 heterocycles. The minimum absolute atomic E-state index is 0.0322. The number of hydrogen-bond acceptors (Lipinski definition) is 9. The first kappa shape index (κ1) is 50.0. The van der Waals surface area contributed by atoms with Gasteiger partial charge >= 0.3 is 5.69 Å². The van der Waals surface area contributed by atoms with Gasteiger partial charge in [-0.15, -0.1) is 0 Å². The van der Waals surface area contributed by atoms with Gasteiger partial charge in [-0.3, -0.25) is 9.11 Å². The summed E-state index contributed by atoms with van der Waals surface area (Å²) in [5.41, 5.74) is 10.3. The van der Waals surface area contributed by atoms with E-state index in [2.05, 4.69) is 114 Å². The molecule has 9 rings (SSSR count). The van der Waals surface area contributed by atoms with Crippen LogP contribution in [0.15, 0.2) is 131 Å². The Balaban J connectivity index is 1.18. The summed E-state index contributed by atoms with van der Waals surface area (Å²) in [5, 5.41) is 15.1. The lowest BCUT2D eigenvalue weighted by Gasteiger charge is -2.38. The average molecular weight is 998 g/mol. The molecule has 14 heteroatoms. The second kappa shape index (κ2) is 19.9. The van der Waals surface area contributed by atoms with Gasteiger partial charge in [-0.25, -0.2) is 0 Å². The SMILES string of the molecule is CCOc1cc(CC2(C)/C(=C3C=C(/C=C4/C=C(C5N(CCCS(=O)(=O)O)c6ccc7ccccc7c6C5(C)C)CCC4)CCC\3)N(CCCS(=O)(=O)O)c3ccc4ccccc4c32)c([N+]#N)c(OCC)c1. The van der Waals surface area contributed by atoms with Gasteiger partial charge in [-0.1, -0.05) is 92.7 Å². The number of anilines is 2. The van der Waals surface area contributed by atoms with Crippen LogP contribution in [0.5, 0.6) is 11.5 Å². The standard InChI is InChI=1S/C57H64N4O8S2/c1-6-68-45-35-44(53(59-58)50(36-45)69-7-2)37-57(5)52-47-23-11-9-19-41(47)25-27-49(52)61(29-15-31-71(65,66)67)55(57)43-21-13-17-39(34-43)32-38-16-12-20-42(33-38)54-56(3,4)51-46-22-10-8-18-40(46)24-26-48(51)60(54)28-14-30-70(62,63)64/h8-11,18-19,22-27,32-36,54H,6-7,12-17,20-21,28-31,37H2,1-5H3,(H-,62,63,64,65,66,67)/p+1/b38-32+,55-43+. The van der Waals surface area contributed by atoms with E-state index < -0.39 is 25.7 Å². The summed E-state index contributed by atoms with van der Waals surface area (Å²) in [6.45, 7) is 12.3. The van der Waals surface area contributed by atoms with Crippen molar-refractivity contribution in [3.05, 3.63) is 153 Å². The summed E-state index contributed by atoms with van der Waals surface area (Å²) in [7, 11) is -8.36. The molecule has 2 N–H and O–H groups in total. The molecular formula is C57H65N4O8S2+. The molecule has 0 saturated carbocycles. The Labute approximate surface area is 418 Å². The molecule has 0 amide bonds. The van der Waals surface area contributed by atoms with Crippen LogP contribution < -0.4 is 19.3 Å². The van der Waals surface area contributed by atoms with E-state index in [0.717, 1.165) is 88.5 Å². The Morgan fingerprint density at radius 2 is 1.38 bits per heavy atom. The number of allylic oxidation sites excluding steroid dienone is 7. The first-order valence-electron chi connectivity index (χ1n) is 25.1. The van der Waals surface area contributed by atoms with Gasteiger partial charge in [-0.05, 0) is 152 Å². The van der Waals surface area contributed by atoms with Crippen LogP contribution in [0.4, 0.5) is 17.1 Å². The van der Waals surface area contributed by atoms with Crippen molar-refractivity contribution < 1.29 is 35.4 Å². The lowest BCUT2D eigenvalue weighted by molar-refractivity contribution is 0.323. The number of benzene rings is 5.